The smallest absolute Gasteiger partial charge is 0.261 e. The van der Waals surface area contributed by atoms with Crippen LogP contribution in [0.15, 0.2) is 48.7 Å². The fourth-order valence-electron chi connectivity index (χ4n) is 2.76. The van der Waals surface area contributed by atoms with E-state index in [4.69, 9.17) is 4.74 Å². The fraction of sp³-hybridized carbons (Fsp3) is 0.350. The predicted octanol–water partition coefficient (Wildman–Crippen LogP) is 3.50. The van der Waals surface area contributed by atoms with Crippen molar-refractivity contribution in [3.05, 3.63) is 60.0 Å². The quantitative estimate of drug-likeness (QED) is 0.737. The predicted molar refractivity (Wildman–Crippen MR) is 100 cm³/mol. The highest BCUT2D eigenvalue weighted by Gasteiger charge is 2.20. The summed E-state index contributed by atoms with van der Waals surface area (Å²) in [6, 6.07) is 13.2. The molecule has 1 amide bonds. The first-order valence-corrected chi connectivity index (χ1v) is 8.82. The molecule has 2 atom stereocenters. The number of rotatable bonds is 6. The van der Waals surface area contributed by atoms with Crippen molar-refractivity contribution < 1.29 is 9.53 Å². The molecule has 0 spiro atoms. The molecule has 0 saturated carbocycles. The number of benzene rings is 1. The minimum absolute atomic E-state index is 0.194. The molecule has 0 fully saturated rings. The van der Waals surface area contributed by atoms with Gasteiger partial charge in [0.15, 0.2) is 17.6 Å². The molecule has 0 aliphatic rings. The van der Waals surface area contributed by atoms with Crippen LogP contribution in [0.2, 0.25) is 0 Å². The van der Waals surface area contributed by atoms with Crippen molar-refractivity contribution in [3.8, 4) is 5.75 Å². The second kappa shape index (κ2) is 7.56. The van der Waals surface area contributed by atoms with E-state index in [-0.39, 0.29) is 11.9 Å². The molecule has 0 saturated heterocycles. The molecule has 3 aromatic rings. The van der Waals surface area contributed by atoms with E-state index in [9.17, 15) is 4.79 Å². The first-order valence-electron chi connectivity index (χ1n) is 8.82. The number of carbonyl (C=O) groups excluding carboxylic acids is 1. The van der Waals surface area contributed by atoms with E-state index < -0.39 is 6.10 Å². The number of pyridine rings is 1. The number of hydrogen-bond acceptors (Lipinski definition) is 4. The number of carbonyl (C=O) groups is 1. The van der Waals surface area contributed by atoms with Crippen molar-refractivity contribution in [2.75, 3.05) is 0 Å². The molecule has 2 aromatic heterocycles. The SMILES string of the molecule is CC(Oc1cccc(C(C)C)c1)C(=O)NC(C)c1nnc2ccccn12. The Morgan fingerprint density at radius 2 is 1.88 bits per heavy atom. The Hall–Kier alpha value is -2.89. The Bertz CT molecular complexity index is 903. The van der Waals surface area contributed by atoms with Crippen molar-refractivity contribution in [2.24, 2.45) is 0 Å². The van der Waals surface area contributed by atoms with Crippen molar-refractivity contribution in [2.45, 2.75) is 45.8 Å². The molecule has 2 unspecified atom stereocenters. The molecule has 2 heterocycles. The third kappa shape index (κ3) is 3.85. The zero-order valence-electron chi connectivity index (χ0n) is 15.5. The monoisotopic (exact) mass is 352 g/mol. The Balaban J connectivity index is 1.66. The van der Waals surface area contributed by atoms with Crippen molar-refractivity contribution in [3.63, 3.8) is 0 Å². The van der Waals surface area contributed by atoms with Crippen LogP contribution in [0.3, 0.4) is 0 Å². The van der Waals surface area contributed by atoms with Gasteiger partial charge in [-0.25, -0.2) is 0 Å². The minimum Gasteiger partial charge on any atom is -0.481 e. The molecular weight excluding hydrogens is 328 g/mol. The molecule has 6 heteroatoms. The Morgan fingerprint density at radius 1 is 1.08 bits per heavy atom. The van der Waals surface area contributed by atoms with Crippen molar-refractivity contribution in [1.29, 1.82) is 0 Å². The lowest BCUT2D eigenvalue weighted by atomic mass is 10.0. The van der Waals surface area contributed by atoms with E-state index in [1.807, 2.05) is 53.9 Å². The summed E-state index contributed by atoms with van der Waals surface area (Å²) in [5.74, 6) is 1.59. The van der Waals surface area contributed by atoms with E-state index in [0.29, 0.717) is 17.5 Å². The maximum absolute atomic E-state index is 12.5. The van der Waals surface area contributed by atoms with Crippen LogP contribution in [-0.4, -0.2) is 26.6 Å². The molecule has 0 radical (unpaired) electrons. The molecule has 0 bridgehead atoms. The van der Waals surface area contributed by atoms with Gasteiger partial charge in [-0.15, -0.1) is 10.2 Å². The summed E-state index contributed by atoms with van der Waals surface area (Å²) in [6.07, 6.45) is 1.27. The van der Waals surface area contributed by atoms with Gasteiger partial charge in [0, 0.05) is 6.20 Å². The third-order valence-corrected chi connectivity index (χ3v) is 4.29. The Labute approximate surface area is 153 Å². The van der Waals surface area contributed by atoms with E-state index in [0.717, 1.165) is 5.65 Å². The van der Waals surface area contributed by atoms with Gasteiger partial charge in [0.1, 0.15) is 5.75 Å². The van der Waals surface area contributed by atoms with Gasteiger partial charge in [0.2, 0.25) is 0 Å². The maximum atomic E-state index is 12.5. The minimum atomic E-state index is -0.612. The van der Waals surface area contributed by atoms with Crippen LogP contribution in [0.25, 0.3) is 5.65 Å². The highest BCUT2D eigenvalue weighted by atomic mass is 16.5. The summed E-state index contributed by atoms with van der Waals surface area (Å²) < 4.78 is 7.68. The van der Waals surface area contributed by atoms with E-state index in [2.05, 4.69) is 35.4 Å². The van der Waals surface area contributed by atoms with Crippen LogP contribution in [0, 0.1) is 0 Å². The van der Waals surface area contributed by atoms with Crippen LogP contribution in [0.4, 0.5) is 0 Å². The number of nitrogens with zero attached hydrogens (tertiary/aromatic N) is 3. The number of nitrogens with one attached hydrogen (secondary N) is 1. The normalized spacial score (nSPS) is 13.6. The maximum Gasteiger partial charge on any atom is 0.261 e. The lowest BCUT2D eigenvalue weighted by Crippen LogP contribution is -2.38. The second-order valence-corrected chi connectivity index (χ2v) is 6.70. The van der Waals surface area contributed by atoms with Gasteiger partial charge in [-0.2, -0.15) is 0 Å². The van der Waals surface area contributed by atoms with Gasteiger partial charge >= 0.3 is 0 Å². The number of fused-ring (bicyclic) bond motifs is 1. The van der Waals surface area contributed by atoms with Gasteiger partial charge in [-0.1, -0.05) is 32.0 Å². The van der Waals surface area contributed by atoms with Crippen molar-refractivity contribution >= 4 is 11.6 Å². The van der Waals surface area contributed by atoms with Crippen LogP contribution >= 0.6 is 0 Å². The van der Waals surface area contributed by atoms with Gasteiger partial charge < -0.3 is 10.1 Å². The molecule has 3 rings (SSSR count). The number of hydrogen-bond donors (Lipinski definition) is 1. The highest BCUT2D eigenvalue weighted by Crippen LogP contribution is 2.21. The van der Waals surface area contributed by atoms with Crippen LogP contribution in [0.5, 0.6) is 5.75 Å². The summed E-state index contributed by atoms with van der Waals surface area (Å²) >= 11 is 0. The molecule has 0 aliphatic heterocycles. The third-order valence-electron chi connectivity index (χ3n) is 4.29. The van der Waals surface area contributed by atoms with Gasteiger partial charge in [0.05, 0.1) is 6.04 Å². The van der Waals surface area contributed by atoms with Gasteiger partial charge in [-0.3, -0.25) is 9.20 Å². The van der Waals surface area contributed by atoms with E-state index in [1.165, 1.54) is 5.56 Å². The molecule has 1 aromatic carbocycles. The van der Waals surface area contributed by atoms with Crippen LogP contribution < -0.4 is 10.1 Å². The second-order valence-electron chi connectivity index (χ2n) is 6.70. The highest BCUT2D eigenvalue weighted by molar-refractivity contribution is 5.81. The summed E-state index contributed by atoms with van der Waals surface area (Å²) in [7, 11) is 0. The van der Waals surface area contributed by atoms with E-state index >= 15 is 0 Å². The average molecular weight is 352 g/mol. The summed E-state index contributed by atoms with van der Waals surface area (Å²) in [6.45, 7) is 7.87. The summed E-state index contributed by atoms with van der Waals surface area (Å²) in [4.78, 5) is 12.5. The molecule has 136 valence electrons. The lowest BCUT2D eigenvalue weighted by Gasteiger charge is -2.18. The van der Waals surface area contributed by atoms with Crippen molar-refractivity contribution in [1.82, 2.24) is 19.9 Å². The molecular formula is C20H24N4O2. The lowest BCUT2D eigenvalue weighted by molar-refractivity contribution is -0.128. The zero-order chi connectivity index (χ0) is 18.7. The van der Waals surface area contributed by atoms with Gasteiger partial charge in [0.25, 0.3) is 5.91 Å². The fourth-order valence-corrected chi connectivity index (χ4v) is 2.76. The van der Waals surface area contributed by atoms with Crippen LogP contribution in [0.1, 0.15) is 51.0 Å². The van der Waals surface area contributed by atoms with Crippen LogP contribution in [-0.2, 0) is 4.79 Å². The number of ether oxygens (including phenoxy) is 1. The molecule has 26 heavy (non-hydrogen) atoms. The Kier molecular flexibility index (Phi) is 5.21. The zero-order valence-corrected chi connectivity index (χ0v) is 15.5. The number of aromatic nitrogens is 3. The summed E-state index contributed by atoms with van der Waals surface area (Å²) in [5, 5.41) is 11.2. The topological polar surface area (TPSA) is 68.5 Å². The largest absolute Gasteiger partial charge is 0.481 e. The molecule has 6 nitrogen and oxygen atoms in total. The first kappa shape index (κ1) is 17.9. The van der Waals surface area contributed by atoms with E-state index in [1.54, 1.807) is 6.92 Å². The molecule has 0 aliphatic carbocycles. The standard InChI is InChI=1S/C20H24N4O2/c1-13(2)16-8-7-9-17(12-16)26-15(4)20(25)21-14(3)19-23-22-18-10-5-6-11-24(18)19/h5-15H,1-4H3,(H,21,25). The number of amides is 1. The summed E-state index contributed by atoms with van der Waals surface area (Å²) in [5.41, 5.74) is 1.93. The average Bonchev–Trinajstić information content (AvgIpc) is 3.06. The Morgan fingerprint density at radius 3 is 2.65 bits per heavy atom. The van der Waals surface area contributed by atoms with Gasteiger partial charge in [-0.05, 0) is 49.6 Å². The first-order chi connectivity index (χ1) is 12.5. The molecule has 1 N–H and O–H groups in total.